The van der Waals surface area contributed by atoms with E-state index in [0.29, 0.717) is 6.42 Å². The van der Waals surface area contributed by atoms with Crippen LogP contribution in [0.1, 0.15) is 47.0 Å². The van der Waals surface area contributed by atoms with Gasteiger partial charge in [-0.2, -0.15) is 0 Å². The van der Waals surface area contributed by atoms with E-state index >= 15 is 0 Å². The molecule has 1 aliphatic rings. The molecule has 2 N–H and O–H groups in total. The quantitative estimate of drug-likeness (QED) is 0.711. The molecule has 3 atom stereocenters. The molecule has 0 radical (unpaired) electrons. The van der Waals surface area contributed by atoms with Gasteiger partial charge in [-0.05, 0) is 39.7 Å². The second-order valence-electron chi connectivity index (χ2n) is 6.01. The summed E-state index contributed by atoms with van der Waals surface area (Å²) in [5.74, 6) is -0.766. The third-order valence-corrected chi connectivity index (χ3v) is 4.19. The van der Waals surface area contributed by atoms with Gasteiger partial charge < -0.3 is 15.2 Å². The van der Waals surface area contributed by atoms with Crippen LogP contribution in [-0.2, 0) is 9.53 Å². The summed E-state index contributed by atoms with van der Waals surface area (Å²) in [6.45, 7) is 11.4. The van der Waals surface area contributed by atoms with Gasteiger partial charge in [-0.3, -0.25) is 9.69 Å². The minimum Gasteiger partial charge on any atom is -0.480 e. The fourth-order valence-corrected chi connectivity index (χ4v) is 2.75. The first-order chi connectivity index (χ1) is 9.42. The molecule has 0 spiro atoms. The van der Waals surface area contributed by atoms with Gasteiger partial charge in [0.1, 0.15) is 5.54 Å². The number of carboxylic acid groups (broad SMARTS) is 1. The van der Waals surface area contributed by atoms with E-state index in [1.54, 1.807) is 6.92 Å². The third-order valence-electron chi connectivity index (χ3n) is 4.19. The zero-order chi connectivity index (χ0) is 15.2. The molecule has 3 unspecified atom stereocenters. The highest BCUT2D eigenvalue weighted by Crippen LogP contribution is 2.20. The van der Waals surface area contributed by atoms with Gasteiger partial charge in [-0.1, -0.05) is 13.8 Å². The van der Waals surface area contributed by atoms with Crippen LogP contribution in [0.3, 0.4) is 0 Å². The van der Waals surface area contributed by atoms with Crippen LogP contribution in [0.4, 0.5) is 0 Å². The molecule has 20 heavy (non-hydrogen) atoms. The van der Waals surface area contributed by atoms with Gasteiger partial charge in [-0.15, -0.1) is 0 Å². The lowest BCUT2D eigenvalue weighted by molar-refractivity contribution is -0.145. The normalized spacial score (nSPS) is 25.1. The van der Waals surface area contributed by atoms with E-state index in [4.69, 9.17) is 4.74 Å². The fourth-order valence-electron chi connectivity index (χ4n) is 2.75. The van der Waals surface area contributed by atoms with E-state index in [2.05, 4.69) is 24.1 Å². The number of carbonyl (C=O) groups is 1. The molecule has 118 valence electrons. The van der Waals surface area contributed by atoms with Crippen molar-refractivity contribution in [1.29, 1.82) is 0 Å². The summed E-state index contributed by atoms with van der Waals surface area (Å²) in [7, 11) is 0. The first kappa shape index (κ1) is 17.4. The maximum absolute atomic E-state index is 11.6. The molecule has 0 aromatic rings. The summed E-state index contributed by atoms with van der Waals surface area (Å²) >= 11 is 0. The molecule has 1 rings (SSSR count). The van der Waals surface area contributed by atoms with Crippen molar-refractivity contribution in [3.05, 3.63) is 0 Å². The van der Waals surface area contributed by atoms with E-state index in [1.165, 1.54) is 0 Å². The molecular formula is C15H30N2O3. The Hall–Kier alpha value is -0.650. The Morgan fingerprint density at radius 1 is 1.55 bits per heavy atom. The minimum atomic E-state index is -0.852. The van der Waals surface area contributed by atoms with Gasteiger partial charge in [0.15, 0.2) is 0 Å². The third kappa shape index (κ3) is 4.72. The molecule has 0 aliphatic carbocycles. The molecule has 1 aliphatic heterocycles. The lowest BCUT2D eigenvalue weighted by Crippen LogP contribution is -2.55. The number of nitrogens with one attached hydrogen (secondary N) is 1. The van der Waals surface area contributed by atoms with Crippen molar-refractivity contribution in [2.45, 2.75) is 64.6 Å². The van der Waals surface area contributed by atoms with Crippen molar-refractivity contribution in [3.8, 4) is 0 Å². The van der Waals surface area contributed by atoms with Gasteiger partial charge in [0.2, 0.25) is 0 Å². The van der Waals surface area contributed by atoms with Gasteiger partial charge in [-0.25, -0.2) is 0 Å². The van der Waals surface area contributed by atoms with Crippen LogP contribution < -0.4 is 5.32 Å². The first-order valence-corrected chi connectivity index (χ1v) is 7.77. The largest absolute Gasteiger partial charge is 0.480 e. The number of ether oxygens (including phenoxy) is 1. The topological polar surface area (TPSA) is 61.8 Å². The summed E-state index contributed by atoms with van der Waals surface area (Å²) in [5, 5.41) is 12.7. The second kappa shape index (κ2) is 7.96. The summed E-state index contributed by atoms with van der Waals surface area (Å²) < 4.78 is 5.68. The molecule has 1 heterocycles. The van der Waals surface area contributed by atoms with Gasteiger partial charge in [0.05, 0.1) is 12.7 Å². The number of rotatable bonds is 8. The van der Waals surface area contributed by atoms with Crippen LogP contribution in [0.2, 0.25) is 0 Å². The molecule has 0 bridgehead atoms. The Morgan fingerprint density at radius 3 is 2.80 bits per heavy atom. The fraction of sp³-hybridized carbons (Fsp3) is 0.933. The number of hydrogen-bond donors (Lipinski definition) is 2. The molecule has 1 fully saturated rings. The summed E-state index contributed by atoms with van der Waals surface area (Å²) in [5.41, 5.74) is -0.852. The van der Waals surface area contributed by atoms with Crippen molar-refractivity contribution >= 4 is 5.97 Å². The van der Waals surface area contributed by atoms with E-state index in [9.17, 15) is 9.90 Å². The van der Waals surface area contributed by atoms with E-state index in [-0.39, 0.29) is 12.1 Å². The van der Waals surface area contributed by atoms with Crippen molar-refractivity contribution < 1.29 is 14.6 Å². The van der Waals surface area contributed by atoms with Crippen molar-refractivity contribution in [3.63, 3.8) is 0 Å². The highest BCUT2D eigenvalue weighted by Gasteiger charge is 2.36. The Balaban J connectivity index is 2.60. The molecule has 0 aromatic heterocycles. The molecule has 0 aromatic carbocycles. The molecule has 5 heteroatoms. The van der Waals surface area contributed by atoms with E-state index < -0.39 is 11.5 Å². The minimum absolute atomic E-state index is 0.235. The lowest BCUT2D eigenvalue weighted by Gasteiger charge is -2.39. The van der Waals surface area contributed by atoms with Crippen LogP contribution in [0.25, 0.3) is 0 Å². The highest BCUT2D eigenvalue weighted by atomic mass is 16.5. The van der Waals surface area contributed by atoms with Gasteiger partial charge in [0, 0.05) is 19.1 Å². The number of aliphatic carboxylic acids is 1. The van der Waals surface area contributed by atoms with Crippen molar-refractivity contribution in [1.82, 2.24) is 10.2 Å². The van der Waals surface area contributed by atoms with Gasteiger partial charge >= 0.3 is 5.97 Å². The van der Waals surface area contributed by atoms with Crippen molar-refractivity contribution in [2.24, 2.45) is 0 Å². The molecule has 5 nitrogen and oxygen atoms in total. The van der Waals surface area contributed by atoms with E-state index in [0.717, 1.165) is 39.1 Å². The van der Waals surface area contributed by atoms with E-state index in [1.807, 2.05) is 6.92 Å². The summed E-state index contributed by atoms with van der Waals surface area (Å²) in [4.78, 5) is 13.9. The van der Waals surface area contributed by atoms with Crippen LogP contribution in [-0.4, -0.2) is 59.9 Å². The Labute approximate surface area is 122 Å². The number of carboxylic acids is 1. The monoisotopic (exact) mass is 286 g/mol. The average Bonchev–Trinajstić information content (AvgIpc) is 2.45. The van der Waals surface area contributed by atoms with Crippen molar-refractivity contribution in [2.75, 3.05) is 26.2 Å². The molecule has 1 saturated heterocycles. The lowest BCUT2D eigenvalue weighted by atomic mass is 9.92. The highest BCUT2D eigenvalue weighted by molar-refractivity contribution is 5.78. The Morgan fingerprint density at radius 2 is 2.25 bits per heavy atom. The molecule has 0 saturated carbocycles. The zero-order valence-corrected chi connectivity index (χ0v) is 13.3. The smallest absolute Gasteiger partial charge is 0.323 e. The standard InChI is InChI=1S/C15H30N2O3/c1-5-7-16-15(4,14(18)19)10-12(3)17-8-9-20-13(6-2)11-17/h12-13,16H,5-11H2,1-4H3,(H,18,19). The summed E-state index contributed by atoms with van der Waals surface area (Å²) in [6, 6.07) is 0.235. The van der Waals surface area contributed by atoms with Crippen LogP contribution in [0.5, 0.6) is 0 Å². The van der Waals surface area contributed by atoms with Crippen LogP contribution in [0.15, 0.2) is 0 Å². The number of hydrogen-bond acceptors (Lipinski definition) is 4. The maximum atomic E-state index is 11.6. The Kier molecular flexibility index (Phi) is 6.92. The number of morpholine rings is 1. The SMILES string of the molecule is CCCNC(C)(CC(C)N1CCOC(CC)C1)C(=O)O. The molecular weight excluding hydrogens is 256 g/mol. The van der Waals surface area contributed by atoms with Crippen LogP contribution in [0, 0.1) is 0 Å². The summed E-state index contributed by atoms with van der Waals surface area (Å²) in [6.07, 6.45) is 2.84. The van der Waals surface area contributed by atoms with Gasteiger partial charge in [0.25, 0.3) is 0 Å². The maximum Gasteiger partial charge on any atom is 0.323 e. The first-order valence-electron chi connectivity index (χ1n) is 7.77. The van der Waals surface area contributed by atoms with Crippen LogP contribution >= 0.6 is 0 Å². The predicted molar refractivity (Wildman–Crippen MR) is 80.0 cm³/mol. The second-order valence-corrected chi connectivity index (χ2v) is 6.01. The predicted octanol–water partition coefficient (Wildman–Crippen LogP) is 1.72. The zero-order valence-electron chi connectivity index (χ0n) is 13.3. The average molecular weight is 286 g/mol. The molecule has 0 amide bonds. The number of nitrogens with zero attached hydrogens (tertiary/aromatic N) is 1. The Bertz CT molecular complexity index is 311.